The second-order valence-corrected chi connectivity index (χ2v) is 27.5. The van der Waals surface area contributed by atoms with Gasteiger partial charge in [0, 0.05) is 145 Å². The van der Waals surface area contributed by atoms with E-state index < -0.39 is 18.8 Å². The molecule has 536 valence electrons. The summed E-state index contributed by atoms with van der Waals surface area (Å²) in [6.07, 6.45) is 21.0. The lowest BCUT2D eigenvalue weighted by molar-refractivity contribution is 0.0542. The minimum absolute atomic E-state index is 0.0347. The molecule has 4 aliphatic rings. The van der Waals surface area contributed by atoms with Crippen LogP contribution in [0.2, 0.25) is 0 Å². The van der Waals surface area contributed by atoms with Crippen molar-refractivity contribution < 1.29 is 34.0 Å². The van der Waals surface area contributed by atoms with E-state index in [2.05, 4.69) is 112 Å². The number of ether oxygens (including phenoxy) is 1. The Hall–Kier alpha value is -14.0. The number of aromatic nitrogens is 11. The first kappa shape index (κ1) is 74.3. The van der Waals surface area contributed by atoms with Gasteiger partial charge in [0.1, 0.15) is 42.2 Å². The molecule has 18 rings (SSSR count). The van der Waals surface area contributed by atoms with Crippen LogP contribution in [-0.4, -0.2) is 100 Å². The average molecular weight is 1580 g/mol. The lowest BCUT2D eigenvalue weighted by Gasteiger charge is -2.19. The number of nitrogens with zero attached hydrogens (tertiary/aromatic N) is 15. The molecule has 0 radical (unpaired) electrons. The summed E-state index contributed by atoms with van der Waals surface area (Å²) in [4.78, 5) is 80.2. The number of rotatable bonds is 6. The summed E-state index contributed by atoms with van der Waals surface area (Å²) < 4.78 is 12.4. The Kier molecular flexibility index (Phi) is 22.1. The van der Waals surface area contributed by atoms with Crippen LogP contribution in [0.15, 0.2) is 235 Å². The van der Waals surface area contributed by atoms with Crippen molar-refractivity contribution in [1.82, 2.24) is 69.5 Å². The number of hydrogen-bond donors (Lipinski definition) is 5. The summed E-state index contributed by atoms with van der Waals surface area (Å²) in [5, 5.41) is 65.0. The monoisotopic (exact) mass is 1580 g/mol. The first-order chi connectivity index (χ1) is 53.3. The Morgan fingerprint density at radius 3 is 1.40 bits per heavy atom. The maximum Gasteiger partial charge on any atom is 0.489 e. The molecular weight excluding hydrogens is 1520 g/mol. The van der Waals surface area contributed by atoms with E-state index in [1.807, 2.05) is 170 Å². The van der Waals surface area contributed by atoms with Gasteiger partial charge in [-0.2, -0.15) is 21.0 Å². The molecular formula is C82H59BBr2N18O7. The Bertz CT molecular complexity index is 6000. The number of carbonyl (C=O) groups is 4. The van der Waals surface area contributed by atoms with E-state index in [1.54, 1.807) is 55.4 Å². The summed E-state index contributed by atoms with van der Waals surface area (Å²) in [5.41, 5.74) is 18.6. The molecule has 0 fully saturated rings. The summed E-state index contributed by atoms with van der Waals surface area (Å²) >= 11 is 6.70. The lowest BCUT2D eigenvalue weighted by atomic mass is 9.77. The van der Waals surface area contributed by atoms with Crippen LogP contribution in [-0.2, 0) is 30.8 Å². The molecule has 5 N–H and O–H groups in total. The Morgan fingerprint density at radius 1 is 0.482 bits per heavy atom. The van der Waals surface area contributed by atoms with Gasteiger partial charge in [0.15, 0.2) is 5.65 Å². The standard InChI is InChI=1S/2C21H13N5O.C14H9N3.C11H12BrN3O2.C8H6BrNO.C7H6BNO2/c2*22-8-13-3-1-2-4-16(13)19-11-26(20-18(19)10-23-12-25-20)15-5-6-17-14(7-15)9-24-21(17)27;15-7-10-3-1-2-4-11(10)12-5-6-14-13(12)8-16-9-17-14;1-11(2,3)17-10(16)15-5-8(12)7-4-13-6-14-9(7)15;9-6-1-2-7-5(3-6)4-10-8(7)11;9-5-6-3-1-2-4-7(6)8(10)11/h2*1-7,10-12H,9H2,(H,24,27);1-5,8-9H,6H2;4-6H,1-3H3;1-3H,4H2,(H,10,11);1-4,10-11H. The van der Waals surface area contributed by atoms with E-state index in [4.69, 9.17) is 25.3 Å². The van der Waals surface area contributed by atoms with Gasteiger partial charge in [-0.25, -0.2) is 49.2 Å². The number of fused-ring (bicyclic) bond motifs is 7. The zero-order valence-electron chi connectivity index (χ0n) is 58.7. The third-order valence-electron chi connectivity index (χ3n) is 17.8. The normalized spacial score (nSPS) is 12.3. The van der Waals surface area contributed by atoms with Crippen molar-refractivity contribution in [3.63, 3.8) is 0 Å². The van der Waals surface area contributed by atoms with E-state index in [0.717, 1.165) is 121 Å². The topological polar surface area (TPSA) is 367 Å². The van der Waals surface area contributed by atoms with Gasteiger partial charge in [-0.05, 0) is 149 Å². The highest BCUT2D eigenvalue weighted by Crippen LogP contribution is 2.37. The lowest BCUT2D eigenvalue weighted by Crippen LogP contribution is -2.31. The Balaban J connectivity index is 0.000000120. The molecule has 1 aliphatic carbocycles. The van der Waals surface area contributed by atoms with Gasteiger partial charge in [-0.1, -0.05) is 94.8 Å². The number of allylic oxidation sites excluding steroid dienone is 1. The number of nitrogens with one attached hydrogen (secondary N) is 3. The minimum atomic E-state index is -1.56. The van der Waals surface area contributed by atoms with Gasteiger partial charge in [-0.15, -0.1) is 0 Å². The molecule has 0 spiro atoms. The third kappa shape index (κ3) is 15.9. The first-order valence-electron chi connectivity index (χ1n) is 33.9. The first-order valence-corrected chi connectivity index (χ1v) is 35.5. The molecule has 10 heterocycles. The van der Waals surface area contributed by atoms with E-state index in [9.17, 15) is 29.7 Å². The largest absolute Gasteiger partial charge is 0.489 e. The van der Waals surface area contributed by atoms with Gasteiger partial charge in [0.05, 0.1) is 57.6 Å². The molecule has 25 nitrogen and oxygen atoms in total. The second-order valence-electron chi connectivity index (χ2n) is 25.7. The molecule has 0 saturated heterocycles. The molecule has 14 aromatic rings. The quantitative estimate of drug-likeness (QED) is 0.0965. The molecule has 0 saturated carbocycles. The van der Waals surface area contributed by atoms with Gasteiger partial charge in [-0.3, -0.25) is 14.4 Å². The summed E-state index contributed by atoms with van der Waals surface area (Å²) in [6.45, 7) is 7.18. The van der Waals surface area contributed by atoms with E-state index >= 15 is 0 Å². The van der Waals surface area contributed by atoms with Crippen molar-refractivity contribution in [3.8, 4) is 57.9 Å². The molecule has 110 heavy (non-hydrogen) atoms. The molecule has 3 amide bonds. The Labute approximate surface area is 645 Å². The summed E-state index contributed by atoms with van der Waals surface area (Å²) in [6, 6.07) is 54.7. The van der Waals surface area contributed by atoms with Crippen LogP contribution in [0.5, 0.6) is 0 Å². The smallest absolute Gasteiger partial charge is 0.443 e. The summed E-state index contributed by atoms with van der Waals surface area (Å²) in [5.74, 6) is -0.0488. The van der Waals surface area contributed by atoms with Crippen LogP contribution >= 0.6 is 31.9 Å². The summed E-state index contributed by atoms with van der Waals surface area (Å²) in [7, 11) is -1.56. The van der Waals surface area contributed by atoms with Crippen LogP contribution in [0.4, 0.5) is 4.79 Å². The van der Waals surface area contributed by atoms with E-state index in [1.165, 1.54) is 35.7 Å². The zero-order valence-corrected chi connectivity index (χ0v) is 61.8. The maximum absolute atomic E-state index is 11.9. The van der Waals surface area contributed by atoms with Gasteiger partial charge in [0.2, 0.25) is 0 Å². The highest BCUT2D eigenvalue weighted by atomic mass is 79.9. The van der Waals surface area contributed by atoms with Gasteiger partial charge < -0.3 is 39.9 Å². The number of hydrogen-bond acceptors (Lipinski definition) is 19. The van der Waals surface area contributed by atoms with Crippen molar-refractivity contribution in [2.75, 3.05) is 0 Å². The molecule has 7 aromatic carbocycles. The Morgan fingerprint density at radius 2 is 0.909 bits per heavy atom. The fraction of sp³-hybridized carbons (Fsp3) is 0.0976. The van der Waals surface area contributed by atoms with Crippen LogP contribution < -0.4 is 21.4 Å². The molecule has 7 aromatic heterocycles. The van der Waals surface area contributed by atoms with Gasteiger partial charge >= 0.3 is 13.2 Å². The maximum atomic E-state index is 11.9. The SMILES string of the molecule is CC(C)(C)OC(=O)n1cc(Br)c2cncnc21.N#Cc1ccccc1-c1cn(-c2ccc3c(c2)CNC3=O)c2ncncc12.N#Cc1ccccc1-c1cn(-c2ccc3c(c2)CNC3=O)c2ncncc12.N#Cc1ccccc1B(O)O.N#Cc1ccccc1C1=CCc2ncncc21.O=C1NCc2cc(Br)ccc21. The predicted molar refractivity (Wildman–Crippen MR) is 417 cm³/mol. The van der Waals surface area contributed by atoms with Crippen molar-refractivity contribution in [3.05, 3.63) is 308 Å². The minimum Gasteiger partial charge on any atom is -0.443 e. The third-order valence-corrected chi connectivity index (χ3v) is 18.9. The molecule has 3 aliphatic heterocycles. The average Bonchev–Trinajstić information content (AvgIpc) is 1.61. The molecule has 0 bridgehead atoms. The van der Waals surface area contributed by atoms with E-state index in [0.29, 0.717) is 58.7 Å². The highest BCUT2D eigenvalue weighted by Gasteiger charge is 2.26. The highest BCUT2D eigenvalue weighted by molar-refractivity contribution is 9.11. The number of halogens is 2. The van der Waals surface area contributed by atoms with Crippen LogP contribution in [0, 0.1) is 45.3 Å². The molecule has 0 atom stereocenters. The fourth-order valence-corrected chi connectivity index (χ4v) is 13.5. The zero-order chi connectivity index (χ0) is 77.2. The second kappa shape index (κ2) is 32.8. The predicted octanol–water partition coefficient (Wildman–Crippen LogP) is 12.6. The van der Waals surface area contributed by atoms with Gasteiger partial charge in [0.25, 0.3) is 17.7 Å². The molecule has 0 unspecified atom stereocenters. The van der Waals surface area contributed by atoms with Crippen molar-refractivity contribution >= 4 is 107 Å². The number of nitriles is 4. The number of benzene rings is 7. The van der Waals surface area contributed by atoms with Crippen LogP contribution in [0.3, 0.4) is 0 Å². The number of amides is 3. The van der Waals surface area contributed by atoms with E-state index in [-0.39, 0.29) is 23.2 Å². The van der Waals surface area contributed by atoms with Crippen molar-refractivity contribution in [2.45, 2.75) is 52.4 Å². The van der Waals surface area contributed by atoms with Crippen molar-refractivity contribution in [1.29, 1.82) is 21.0 Å². The van der Waals surface area contributed by atoms with Crippen LogP contribution in [0.1, 0.15) is 108 Å². The van der Waals surface area contributed by atoms with Crippen molar-refractivity contribution in [2.24, 2.45) is 0 Å². The van der Waals surface area contributed by atoms with Crippen LogP contribution in [0.25, 0.3) is 72.3 Å². The molecule has 28 heteroatoms. The number of carbonyl (C=O) groups excluding carboxylic acids is 4. The fourth-order valence-electron chi connectivity index (χ4n) is 12.6.